The number of carbonyl (C=O) groups excluding carboxylic acids is 3. The Morgan fingerprint density at radius 3 is 2.41 bits per heavy atom. The number of aliphatic hydroxyl groups is 1. The van der Waals surface area contributed by atoms with Crippen LogP contribution in [0.4, 0.5) is 28.8 Å². The van der Waals surface area contributed by atoms with Crippen LogP contribution in [0.3, 0.4) is 0 Å². The molecule has 10 nitrogen and oxygen atoms in total. The van der Waals surface area contributed by atoms with E-state index in [0.717, 1.165) is 42.5 Å². The summed E-state index contributed by atoms with van der Waals surface area (Å²) in [5, 5.41) is 12.6. The number of amides is 4. The first-order chi connectivity index (χ1) is 18.4. The van der Waals surface area contributed by atoms with Crippen molar-refractivity contribution in [2.75, 3.05) is 56.1 Å². The third-order valence-electron chi connectivity index (χ3n) is 6.93. The second-order valence-electron chi connectivity index (χ2n) is 9.99. The monoisotopic (exact) mass is 568 g/mol. The van der Waals surface area contributed by atoms with Crippen LogP contribution < -0.4 is 10.2 Å². The molecule has 0 aliphatic carbocycles. The number of aromatic nitrogens is 1. The molecule has 2 aromatic rings. The number of β-amino-alcohol motifs (C(OH)–C–C–N with tert-alkyl or cyclic N) is 1. The number of imide groups is 1. The molecule has 2 aromatic heterocycles. The van der Waals surface area contributed by atoms with Crippen LogP contribution in [-0.4, -0.2) is 94.1 Å². The summed E-state index contributed by atoms with van der Waals surface area (Å²) in [7, 11) is 0. The van der Waals surface area contributed by atoms with Gasteiger partial charge in [0.2, 0.25) is 5.91 Å². The molecule has 4 amide bonds. The quantitative estimate of drug-likeness (QED) is 0.448. The molecule has 2 aliphatic heterocycles. The molecule has 2 aliphatic rings. The van der Waals surface area contributed by atoms with Gasteiger partial charge in [0.05, 0.1) is 12.2 Å². The van der Waals surface area contributed by atoms with Crippen molar-refractivity contribution in [3.8, 4) is 0 Å². The number of anilines is 2. The summed E-state index contributed by atoms with van der Waals surface area (Å²) in [4.78, 5) is 49.4. The highest BCUT2D eigenvalue weighted by atomic mass is 32.1. The van der Waals surface area contributed by atoms with Gasteiger partial charge in [-0.2, -0.15) is 13.2 Å². The molecule has 2 fully saturated rings. The first-order valence-electron chi connectivity index (χ1n) is 12.5. The SMILES string of the molecule is CC1(C)C(=O)N(c2cc(C(F)(F)F)cs2)C(=O)N1Cc1ccnc(NC(=O)CCN2CCN(CCO)CC2)c1. The molecular formula is C25H31F3N6O4S. The molecule has 0 saturated carbocycles. The van der Waals surface area contributed by atoms with E-state index in [9.17, 15) is 27.6 Å². The van der Waals surface area contributed by atoms with Gasteiger partial charge in [0, 0.05) is 63.8 Å². The Labute approximate surface area is 228 Å². The number of thiophene rings is 1. The van der Waals surface area contributed by atoms with Gasteiger partial charge in [-0.3, -0.25) is 14.5 Å². The third-order valence-corrected chi connectivity index (χ3v) is 7.84. The maximum absolute atomic E-state index is 13.2. The molecule has 4 rings (SSSR count). The van der Waals surface area contributed by atoms with Crippen LogP contribution in [0.1, 0.15) is 31.4 Å². The average Bonchev–Trinajstić information content (AvgIpc) is 3.43. The largest absolute Gasteiger partial charge is 0.417 e. The van der Waals surface area contributed by atoms with Crippen LogP contribution in [0.15, 0.2) is 29.8 Å². The van der Waals surface area contributed by atoms with E-state index in [2.05, 4.69) is 20.1 Å². The minimum atomic E-state index is -4.58. The lowest BCUT2D eigenvalue weighted by molar-refractivity contribution is -0.137. The topological polar surface area (TPSA) is 109 Å². The van der Waals surface area contributed by atoms with Gasteiger partial charge in [0.1, 0.15) is 16.4 Å². The van der Waals surface area contributed by atoms with E-state index in [-0.39, 0.29) is 30.5 Å². The van der Waals surface area contributed by atoms with Crippen molar-refractivity contribution in [1.29, 1.82) is 0 Å². The Morgan fingerprint density at radius 2 is 1.79 bits per heavy atom. The Hall–Kier alpha value is -3.07. The molecule has 4 heterocycles. The van der Waals surface area contributed by atoms with E-state index in [4.69, 9.17) is 5.11 Å². The van der Waals surface area contributed by atoms with Crippen LogP contribution in [-0.2, 0) is 22.3 Å². The Bertz CT molecular complexity index is 1210. The van der Waals surface area contributed by atoms with Gasteiger partial charge in [-0.15, -0.1) is 11.3 Å². The van der Waals surface area contributed by atoms with Gasteiger partial charge in [-0.25, -0.2) is 14.7 Å². The van der Waals surface area contributed by atoms with Gasteiger partial charge < -0.3 is 20.2 Å². The summed E-state index contributed by atoms with van der Waals surface area (Å²) in [6.45, 7) is 7.76. The van der Waals surface area contributed by atoms with E-state index in [0.29, 0.717) is 35.8 Å². The second kappa shape index (κ2) is 11.6. The number of piperazine rings is 1. The first-order valence-corrected chi connectivity index (χ1v) is 13.4. The number of hydrogen-bond donors (Lipinski definition) is 2. The van der Waals surface area contributed by atoms with E-state index in [1.165, 1.54) is 11.1 Å². The number of nitrogens with zero attached hydrogens (tertiary/aromatic N) is 5. The van der Waals surface area contributed by atoms with Gasteiger partial charge >= 0.3 is 12.2 Å². The van der Waals surface area contributed by atoms with Gasteiger partial charge in [-0.1, -0.05) is 0 Å². The summed E-state index contributed by atoms with van der Waals surface area (Å²) in [5.74, 6) is -0.539. The maximum Gasteiger partial charge on any atom is 0.417 e. The molecule has 14 heteroatoms. The molecule has 212 valence electrons. The van der Waals surface area contributed by atoms with Crippen molar-refractivity contribution >= 4 is 40.0 Å². The van der Waals surface area contributed by atoms with Crippen molar-refractivity contribution in [3.05, 3.63) is 40.9 Å². The zero-order valence-electron chi connectivity index (χ0n) is 21.7. The molecule has 0 aromatic carbocycles. The smallest absolute Gasteiger partial charge is 0.395 e. The number of carbonyl (C=O) groups is 3. The molecule has 0 atom stereocenters. The van der Waals surface area contributed by atoms with Gasteiger partial charge in [-0.05, 0) is 37.6 Å². The lowest BCUT2D eigenvalue weighted by Crippen LogP contribution is -2.47. The zero-order chi connectivity index (χ0) is 28.4. The van der Waals surface area contributed by atoms with Crippen LogP contribution in [0.25, 0.3) is 0 Å². The van der Waals surface area contributed by atoms with Crippen LogP contribution in [0, 0.1) is 0 Å². The normalized spacial score (nSPS) is 18.7. The van der Waals surface area contributed by atoms with Crippen LogP contribution in [0.5, 0.6) is 0 Å². The van der Waals surface area contributed by atoms with Crippen molar-refractivity contribution in [2.24, 2.45) is 0 Å². The molecular weight excluding hydrogens is 537 g/mol. The maximum atomic E-state index is 13.2. The highest BCUT2D eigenvalue weighted by molar-refractivity contribution is 7.14. The number of rotatable bonds is 9. The number of urea groups is 1. The molecule has 2 saturated heterocycles. The fourth-order valence-corrected chi connectivity index (χ4v) is 5.46. The fraction of sp³-hybridized carbons (Fsp3) is 0.520. The summed E-state index contributed by atoms with van der Waals surface area (Å²) in [6, 6.07) is 3.33. The Balaban J connectivity index is 1.37. The summed E-state index contributed by atoms with van der Waals surface area (Å²) in [5.41, 5.74) is -1.62. The summed E-state index contributed by atoms with van der Waals surface area (Å²) >= 11 is 0.681. The zero-order valence-corrected chi connectivity index (χ0v) is 22.5. The first kappa shape index (κ1) is 28.9. The van der Waals surface area contributed by atoms with Crippen molar-refractivity contribution in [2.45, 2.75) is 38.5 Å². The van der Waals surface area contributed by atoms with Crippen LogP contribution >= 0.6 is 11.3 Å². The fourth-order valence-electron chi connectivity index (χ4n) is 4.55. The van der Waals surface area contributed by atoms with E-state index < -0.39 is 29.2 Å². The number of nitrogens with one attached hydrogen (secondary N) is 1. The lowest BCUT2D eigenvalue weighted by Gasteiger charge is -2.34. The molecule has 0 spiro atoms. The van der Waals surface area contributed by atoms with E-state index >= 15 is 0 Å². The van der Waals surface area contributed by atoms with E-state index in [1.807, 2.05) is 0 Å². The van der Waals surface area contributed by atoms with Gasteiger partial charge in [0.25, 0.3) is 5.91 Å². The number of hydrogen-bond acceptors (Lipinski definition) is 8. The van der Waals surface area contributed by atoms with Crippen molar-refractivity contribution < 1.29 is 32.7 Å². The second-order valence-corrected chi connectivity index (χ2v) is 10.9. The molecule has 39 heavy (non-hydrogen) atoms. The highest BCUT2D eigenvalue weighted by Gasteiger charge is 2.52. The van der Waals surface area contributed by atoms with Gasteiger partial charge in [0.15, 0.2) is 0 Å². The molecule has 0 bridgehead atoms. The molecule has 0 unspecified atom stereocenters. The Morgan fingerprint density at radius 1 is 1.13 bits per heavy atom. The number of aliphatic hydroxyl groups excluding tert-OH is 1. The van der Waals surface area contributed by atoms with Crippen molar-refractivity contribution in [1.82, 2.24) is 19.7 Å². The predicted molar refractivity (Wildman–Crippen MR) is 139 cm³/mol. The van der Waals surface area contributed by atoms with E-state index in [1.54, 1.807) is 26.0 Å². The minimum absolute atomic E-state index is 0.00488. The van der Waals surface area contributed by atoms with Crippen LogP contribution in [0.2, 0.25) is 0 Å². The Kier molecular flexibility index (Phi) is 8.59. The lowest BCUT2D eigenvalue weighted by atomic mass is 10.0. The summed E-state index contributed by atoms with van der Waals surface area (Å²) < 4.78 is 39.2. The van der Waals surface area contributed by atoms with Crippen molar-refractivity contribution in [3.63, 3.8) is 0 Å². The predicted octanol–water partition coefficient (Wildman–Crippen LogP) is 2.85. The highest BCUT2D eigenvalue weighted by Crippen LogP contribution is 2.40. The number of halogens is 3. The average molecular weight is 569 g/mol. The minimum Gasteiger partial charge on any atom is -0.395 e. The number of alkyl halides is 3. The molecule has 2 N–H and O–H groups in total. The number of pyridine rings is 1. The standard InChI is InChI=1S/C25H31F3N6O4S/c1-24(2)22(37)34(21-14-18(16-39-21)25(26,27)28)23(38)33(24)15-17-3-5-29-19(13-17)30-20(36)4-6-31-7-9-32(10-8-31)11-12-35/h3,5,13-14,16,35H,4,6-12,15H2,1-2H3,(H,29,30,36). The molecule has 0 radical (unpaired) electrons. The third kappa shape index (κ3) is 6.57. The summed E-state index contributed by atoms with van der Waals surface area (Å²) in [6.07, 6.45) is -2.83.